The van der Waals surface area contributed by atoms with Crippen molar-refractivity contribution in [1.29, 1.82) is 0 Å². The molecule has 1 aromatic heterocycles. The maximum Gasteiger partial charge on any atom is 0.335 e. The Balaban J connectivity index is 1.75. The normalized spacial score (nSPS) is 18.6. The number of benzene rings is 1. The van der Waals surface area contributed by atoms with E-state index in [0.717, 1.165) is 42.1 Å². The number of carboxylic acids is 1. The van der Waals surface area contributed by atoms with E-state index in [1.165, 1.54) is 6.42 Å². The van der Waals surface area contributed by atoms with Crippen LogP contribution in [0.15, 0.2) is 29.6 Å². The topological polar surface area (TPSA) is 59.4 Å². The van der Waals surface area contributed by atoms with E-state index in [4.69, 9.17) is 9.84 Å². The van der Waals surface area contributed by atoms with Crippen LogP contribution < -0.4 is 0 Å². The molecule has 1 fully saturated rings. The average Bonchev–Trinajstić information content (AvgIpc) is 2.97. The maximum atomic E-state index is 11.0. The monoisotopic (exact) mass is 303 g/mol. The number of ether oxygens (including phenoxy) is 1. The number of thiazole rings is 1. The largest absolute Gasteiger partial charge is 0.478 e. The highest BCUT2D eigenvalue weighted by Gasteiger charge is 2.16. The number of carboxylic acid groups (broad SMARTS) is 1. The molecule has 1 unspecified atom stereocenters. The summed E-state index contributed by atoms with van der Waals surface area (Å²) < 4.78 is 5.74. The van der Waals surface area contributed by atoms with Crippen molar-refractivity contribution < 1.29 is 14.6 Å². The summed E-state index contributed by atoms with van der Waals surface area (Å²) in [5.41, 5.74) is 1.98. The van der Waals surface area contributed by atoms with E-state index in [-0.39, 0.29) is 11.7 Å². The van der Waals surface area contributed by atoms with Crippen LogP contribution in [-0.2, 0) is 11.2 Å². The number of hydrogen-bond acceptors (Lipinski definition) is 4. The van der Waals surface area contributed by atoms with Crippen LogP contribution in [0.4, 0.5) is 0 Å². The lowest BCUT2D eigenvalue weighted by Gasteiger charge is -2.21. The van der Waals surface area contributed by atoms with Crippen LogP contribution in [0.2, 0.25) is 0 Å². The molecule has 2 heterocycles. The zero-order valence-corrected chi connectivity index (χ0v) is 12.4. The molecule has 1 aliphatic rings. The first kappa shape index (κ1) is 14.2. The van der Waals surface area contributed by atoms with Crippen LogP contribution in [0.5, 0.6) is 0 Å². The van der Waals surface area contributed by atoms with Gasteiger partial charge < -0.3 is 9.84 Å². The fourth-order valence-corrected chi connectivity index (χ4v) is 3.38. The first-order chi connectivity index (χ1) is 10.2. The second-order valence-corrected chi connectivity index (χ2v) is 6.15. The molecule has 0 radical (unpaired) electrons. The summed E-state index contributed by atoms with van der Waals surface area (Å²) in [6, 6.07) is 6.90. The van der Waals surface area contributed by atoms with E-state index in [2.05, 4.69) is 4.98 Å². The maximum absolute atomic E-state index is 11.0. The predicted octanol–water partition coefficient (Wildman–Crippen LogP) is 3.62. The molecule has 2 aromatic rings. The number of hydrogen-bond donors (Lipinski definition) is 1. The smallest absolute Gasteiger partial charge is 0.335 e. The fraction of sp³-hybridized carbons (Fsp3) is 0.375. The van der Waals surface area contributed by atoms with E-state index >= 15 is 0 Å². The summed E-state index contributed by atoms with van der Waals surface area (Å²) in [5, 5.41) is 12.1. The molecule has 0 bridgehead atoms. The third kappa shape index (κ3) is 3.49. The molecule has 4 nitrogen and oxygen atoms in total. The van der Waals surface area contributed by atoms with Gasteiger partial charge in [0.15, 0.2) is 0 Å². The summed E-state index contributed by atoms with van der Waals surface area (Å²) in [6.07, 6.45) is 4.61. The molecule has 0 aliphatic carbocycles. The van der Waals surface area contributed by atoms with Gasteiger partial charge in [0, 0.05) is 24.0 Å². The van der Waals surface area contributed by atoms with Crippen molar-refractivity contribution in [2.24, 2.45) is 0 Å². The van der Waals surface area contributed by atoms with Crippen molar-refractivity contribution in [2.75, 3.05) is 6.61 Å². The van der Waals surface area contributed by atoms with E-state index < -0.39 is 5.97 Å². The number of rotatable bonds is 4. The van der Waals surface area contributed by atoms with E-state index in [1.54, 1.807) is 29.5 Å². The lowest BCUT2D eigenvalue weighted by Crippen LogP contribution is -2.21. The molecular formula is C16H17NO3S. The lowest BCUT2D eigenvalue weighted by atomic mass is 10.1. The van der Waals surface area contributed by atoms with Gasteiger partial charge in [-0.2, -0.15) is 0 Å². The summed E-state index contributed by atoms with van der Waals surface area (Å²) in [7, 11) is 0. The Bertz CT molecular complexity index is 632. The van der Waals surface area contributed by atoms with Crippen LogP contribution in [0.25, 0.3) is 11.3 Å². The first-order valence-electron chi connectivity index (χ1n) is 7.12. The van der Waals surface area contributed by atoms with E-state index in [1.807, 2.05) is 11.4 Å². The van der Waals surface area contributed by atoms with E-state index in [9.17, 15) is 4.79 Å². The quantitative estimate of drug-likeness (QED) is 0.937. The molecular weight excluding hydrogens is 286 g/mol. The van der Waals surface area contributed by atoms with Gasteiger partial charge in [0.25, 0.3) is 0 Å². The molecule has 1 aromatic carbocycles. The molecule has 0 saturated carbocycles. The second-order valence-electron chi connectivity index (χ2n) is 5.21. The summed E-state index contributed by atoms with van der Waals surface area (Å²) in [6.45, 7) is 0.851. The third-order valence-corrected chi connectivity index (χ3v) is 4.50. The van der Waals surface area contributed by atoms with Gasteiger partial charge in [-0.1, -0.05) is 12.1 Å². The minimum atomic E-state index is -0.914. The number of aromatic carboxylic acids is 1. The van der Waals surface area contributed by atoms with Gasteiger partial charge in [0.05, 0.1) is 22.4 Å². The van der Waals surface area contributed by atoms with Crippen molar-refractivity contribution in [3.05, 3.63) is 40.2 Å². The van der Waals surface area contributed by atoms with Crippen molar-refractivity contribution >= 4 is 17.3 Å². The zero-order valence-electron chi connectivity index (χ0n) is 11.6. The molecule has 0 spiro atoms. The lowest BCUT2D eigenvalue weighted by molar-refractivity contribution is 0.0168. The minimum Gasteiger partial charge on any atom is -0.478 e. The van der Waals surface area contributed by atoms with Gasteiger partial charge in [-0.05, 0) is 31.4 Å². The molecule has 5 heteroatoms. The molecule has 110 valence electrons. The van der Waals surface area contributed by atoms with Gasteiger partial charge in [-0.15, -0.1) is 11.3 Å². The van der Waals surface area contributed by atoms with E-state index in [0.29, 0.717) is 0 Å². The van der Waals surface area contributed by atoms with Crippen molar-refractivity contribution in [3.8, 4) is 11.3 Å². The van der Waals surface area contributed by atoms with Crippen LogP contribution in [0, 0.1) is 0 Å². The number of nitrogens with zero attached hydrogens (tertiary/aromatic N) is 1. The third-order valence-electron chi connectivity index (χ3n) is 3.63. The standard InChI is InChI=1S/C16H17NO3S/c18-16(19)12-5-3-4-11(8-12)14-10-21-15(17-14)9-13-6-1-2-7-20-13/h3-5,8,10,13H,1-2,6-7,9H2,(H,18,19). The molecule has 1 aliphatic heterocycles. The predicted molar refractivity (Wildman–Crippen MR) is 81.8 cm³/mol. The first-order valence-corrected chi connectivity index (χ1v) is 8.00. The van der Waals surface area contributed by atoms with Gasteiger partial charge in [0.1, 0.15) is 0 Å². The van der Waals surface area contributed by atoms with Gasteiger partial charge in [-0.3, -0.25) is 0 Å². The van der Waals surface area contributed by atoms with Crippen molar-refractivity contribution in [1.82, 2.24) is 4.98 Å². The van der Waals surface area contributed by atoms with Crippen LogP contribution in [0.1, 0.15) is 34.6 Å². The molecule has 21 heavy (non-hydrogen) atoms. The number of carbonyl (C=O) groups is 1. The van der Waals surface area contributed by atoms with Gasteiger partial charge >= 0.3 is 5.97 Å². The zero-order chi connectivity index (χ0) is 14.7. The average molecular weight is 303 g/mol. The van der Waals surface area contributed by atoms with Crippen LogP contribution >= 0.6 is 11.3 Å². The van der Waals surface area contributed by atoms with Gasteiger partial charge in [0.2, 0.25) is 0 Å². The number of aromatic nitrogens is 1. The Morgan fingerprint density at radius 1 is 1.43 bits per heavy atom. The Kier molecular flexibility index (Phi) is 4.31. The van der Waals surface area contributed by atoms with Crippen LogP contribution in [-0.4, -0.2) is 28.8 Å². The highest BCUT2D eigenvalue weighted by atomic mass is 32.1. The van der Waals surface area contributed by atoms with Crippen molar-refractivity contribution in [3.63, 3.8) is 0 Å². The Morgan fingerprint density at radius 3 is 3.10 bits per heavy atom. The molecule has 1 atom stereocenters. The highest BCUT2D eigenvalue weighted by molar-refractivity contribution is 7.09. The summed E-state index contributed by atoms with van der Waals surface area (Å²) >= 11 is 1.61. The Hall–Kier alpha value is -1.72. The van der Waals surface area contributed by atoms with Gasteiger partial charge in [-0.25, -0.2) is 9.78 Å². The Labute approximate surface area is 127 Å². The molecule has 3 rings (SSSR count). The summed E-state index contributed by atoms with van der Waals surface area (Å²) in [5.74, 6) is -0.914. The second kappa shape index (κ2) is 6.37. The highest BCUT2D eigenvalue weighted by Crippen LogP contribution is 2.25. The minimum absolute atomic E-state index is 0.281. The Morgan fingerprint density at radius 2 is 2.33 bits per heavy atom. The summed E-state index contributed by atoms with van der Waals surface area (Å²) in [4.78, 5) is 15.6. The molecule has 1 saturated heterocycles. The molecule has 1 N–H and O–H groups in total. The fourth-order valence-electron chi connectivity index (χ4n) is 2.51. The molecule has 0 amide bonds. The van der Waals surface area contributed by atoms with Crippen molar-refractivity contribution in [2.45, 2.75) is 31.8 Å². The van der Waals surface area contributed by atoms with Crippen LogP contribution in [0.3, 0.4) is 0 Å². The SMILES string of the molecule is O=C(O)c1cccc(-c2csc(CC3CCCCO3)n2)c1.